The fourth-order valence-electron chi connectivity index (χ4n) is 3.08. The Morgan fingerprint density at radius 1 is 1.04 bits per heavy atom. The van der Waals surface area contributed by atoms with E-state index in [1.807, 2.05) is 41.1 Å². The standard InChI is InChI=1S/C20H21N7/c1-21-20(24-14-18-26-25-17-9-2-3-13-27(17)18)23-12-10-16-7-4-6-15-8-5-11-22-19(15)16/h2-9,11,13H,10,12,14H2,1H3,(H2,21,23,24). The molecule has 0 aliphatic rings. The van der Waals surface area contributed by atoms with Crippen LogP contribution in [0.2, 0.25) is 0 Å². The molecule has 0 spiro atoms. The van der Waals surface area contributed by atoms with E-state index in [2.05, 4.69) is 55.1 Å². The van der Waals surface area contributed by atoms with E-state index in [-0.39, 0.29) is 0 Å². The molecule has 7 nitrogen and oxygen atoms in total. The molecule has 7 heteroatoms. The van der Waals surface area contributed by atoms with Gasteiger partial charge in [0.25, 0.3) is 0 Å². The molecule has 0 unspecified atom stereocenters. The Balaban J connectivity index is 1.35. The summed E-state index contributed by atoms with van der Waals surface area (Å²) in [7, 11) is 1.76. The van der Waals surface area contributed by atoms with Crippen LogP contribution in [0, 0.1) is 0 Å². The van der Waals surface area contributed by atoms with Gasteiger partial charge in [-0.1, -0.05) is 30.3 Å². The minimum Gasteiger partial charge on any atom is -0.356 e. The van der Waals surface area contributed by atoms with Crippen LogP contribution in [0.4, 0.5) is 0 Å². The highest BCUT2D eigenvalue weighted by Gasteiger charge is 2.06. The Bertz CT molecular complexity index is 1080. The van der Waals surface area contributed by atoms with Gasteiger partial charge in [0.05, 0.1) is 12.1 Å². The van der Waals surface area contributed by atoms with Crippen molar-refractivity contribution in [3.8, 4) is 0 Å². The first-order valence-electron chi connectivity index (χ1n) is 8.91. The summed E-state index contributed by atoms with van der Waals surface area (Å²) in [4.78, 5) is 8.79. The molecule has 0 amide bonds. The molecule has 136 valence electrons. The number of aliphatic imine (C=N–C) groups is 1. The minimum atomic E-state index is 0.542. The molecule has 0 bridgehead atoms. The fraction of sp³-hybridized carbons (Fsp3) is 0.200. The van der Waals surface area contributed by atoms with Crippen LogP contribution in [0.25, 0.3) is 16.6 Å². The van der Waals surface area contributed by atoms with Gasteiger partial charge in [-0.3, -0.25) is 14.4 Å². The van der Waals surface area contributed by atoms with Gasteiger partial charge in [0, 0.05) is 31.4 Å². The van der Waals surface area contributed by atoms with Crippen molar-refractivity contribution in [2.75, 3.05) is 13.6 Å². The third kappa shape index (κ3) is 3.72. The normalized spacial score (nSPS) is 11.8. The second-order valence-corrected chi connectivity index (χ2v) is 6.14. The zero-order valence-corrected chi connectivity index (χ0v) is 15.1. The number of nitrogens with zero attached hydrogens (tertiary/aromatic N) is 5. The SMILES string of the molecule is CN=C(NCCc1cccc2cccnc12)NCc1nnc2ccccn12. The molecule has 27 heavy (non-hydrogen) atoms. The molecule has 2 N–H and O–H groups in total. The Morgan fingerprint density at radius 3 is 2.89 bits per heavy atom. The van der Waals surface area contributed by atoms with Crippen molar-refractivity contribution in [3.63, 3.8) is 0 Å². The Morgan fingerprint density at radius 2 is 1.96 bits per heavy atom. The van der Waals surface area contributed by atoms with E-state index in [1.54, 1.807) is 7.05 Å². The highest BCUT2D eigenvalue weighted by atomic mass is 15.3. The predicted octanol–water partition coefficient (Wildman–Crippen LogP) is 2.19. The van der Waals surface area contributed by atoms with Crippen molar-refractivity contribution in [2.45, 2.75) is 13.0 Å². The third-order valence-electron chi connectivity index (χ3n) is 4.42. The summed E-state index contributed by atoms with van der Waals surface area (Å²) in [6, 6.07) is 16.2. The number of hydrogen-bond acceptors (Lipinski definition) is 4. The summed E-state index contributed by atoms with van der Waals surface area (Å²) in [5.41, 5.74) is 3.11. The van der Waals surface area contributed by atoms with Gasteiger partial charge < -0.3 is 10.6 Å². The molecule has 1 aromatic carbocycles. The average Bonchev–Trinajstić information content (AvgIpc) is 3.14. The van der Waals surface area contributed by atoms with Gasteiger partial charge in [0.2, 0.25) is 0 Å². The smallest absolute Gasteiger partial charge is 0.191 e. The Labute approximate surface area is 157 Å². The van der Waals surface area contributed by atoms with Crippen molar-refractivity contribution in [1.29, 1.82) is 0 Å². The monoisotopic (exact) mass is 359 g/mol. The molecule has 4 aromatic rings. The van der Waals surface area contributed by atoms with E-state index in [0.717, 1.165) is 41.3 Å². The van der Waals surface area contributed by atoms with Crippen LogP contribution in [0.5, 0.6) is 0 Å². The number of para-hydroxylation sites is 1. The van der Waals surface area contributed by atoms with Crippen LogP contribution >= 0.6 is 0 Å². The van der Waals surface area contributed by atoms with E-state index in [1.165, 1.54) is 5.56 Å². The number of benzene rings is 1. The largest absolute Gasteiger partial charge is 0.356 e. The second kappa shape index (κ2) is 7.82. The molecule has 0 saturated heterocycles. The summed E-state index contributed by atoms with van der Waals surface area (Å²) >= 11 is 0. The van der Waals surface area contributed by atoms with E-state index in [9.17, 15) is 0 Å². The van der Waals surface area contributed by atoms with Gasteiger partial charge in [-0.15, -0.1) is 10.2 Å². The van der Waals surface area contributed by atoms with Crippen molar-refractivity contribution < 1.29 is 0 Å². The lowest BCUT2D eigenvalue weighted by molar-refractivity contribution is 0.758. The number of aromatic nitrogens is 4. The number of pyridine rings is 2. The molecule has 0 fully saturated rings. The van der Waals surface area contributed by atoms with Gasteiger partial charge >= 0.3 is 0 Å². The van der Waals surface area contributed by atoms with Crippen LogP contribution < -0.4 is 10.6 Å². The molecule has 0 aliphatic carbocycles. The highest BCUT2D eigenvalue weighted by Crippen LogP contribution is 2.15. The first-order chi connectivity index (χ1) is 13.3. The molecule has 0 atom stereocenters. The average molecular weight is 359 g/mol. The summed E-state index contributed by atoms with van der Waals surface area (Å²) < 4.78 is 1.96. The topological polar surface area (TPSA) is 79.5 Å². The summed E-state index contributed by atoms with van der Waals surface area (Å²) in [5, 5.41) is 16.2. The van der Waals surface area contributed by atoms with Gasteiger partial charge in [-0.25, -0.2) is 0 Å². The highest BCUT2D eigenvalue weighted by molar-refractivity contribution is 5.82. The first kappa shape index (κ1) is 17.0. The molecular formula is C20H21N7. The van der Waals surface area contributed by atoms with E-state index >= 15 is 0 Å². The van der Waals surface area contributed by atoms with Crippen LogP contribution in [-0.4, -0.2) is 39.1 Å². The molecule has 0 aliphatic heterocycles. The third-order valence-corrected chi connectivity index (χ3v) is 4.42. The van der Waals surface area contributed by atoms with Crippen LogP contribution in [-0.2, 0) is 13.0 Å². The lowest BCUT2D eigenvalue weighted by Gasteiger charge is -2.12. The van der Waals surface area contributed by atoms with Gasteiger partial charge in [0.15, 0.2) is 17.4 Å². The van der Waals surface area contributed by atoms with Crippen molar-refractivity contribution in [2.24, 2.45) is 4.99 Å². The zero-order valence-electron chi connectivity index (χ0n) is 15.1. The number of hydrogen-bond donors (Lipinski definition) is 2. The minimum absolute atomic E-state index is 0.542. The van der Waals surface area contributed by atoms with Crippen molar-refractivity contribution >= 4 is 22.5 Å². The molecule has 0 radical (unpaired) electrons. The van der Waals surface area contributed by atoms with Crippen molar-refractivity contribution in [1.82, 2.24) is 30.2 Å². The van der Waals surface area contributed by atoms with Crippen LogP contribution in [0.15, 0.2) is 65.9 Å². The van der Waals surface area contributed by atoms with Crippen LogP contribution in [0.1, 0.15) is 11.4 Å². The quantitative estimate of drug-likeness (QED) is 0.422. The Kier molecular flexibility index (Phi) is 4.91. The van der Waals surface area contributed by atoms with Gasteiger partial charge in [-0.2, -0.15) is 0 Å². The maximum atomic E-state index is 4.51. The number of fused-ring (bicyclic) bond motifs is 2. The second-order valence-electron chi connectivity index (χ2n) is 6.14. The fourth-order valence-corrected chi connectivity index (χ4v) is 3.08. The van der Waals surface area contributed by atoms with E-state index < -0.39 is 0 Å². The molecular weight excluding hydrogens is 338 g/mol. The van der Waals surface area contributed by atoms with Gasteiger partial charge in [-0.05, 0) is 30.2 Å². The van der Waals surface area contributed by atoms with Crippen LogP contribution in [0.3, 0.4) is 0 Å². The number of guanidine groups is 1. The molecule has 3 heterocycles. The first-order valence-corrected chi connectivity index (χ1v) is 8.91. The lowest BCUT2D eigenvalue weighted by atomic mass is 10.1. The van der Waals surface area contributed by atoms with E-state index in [4.69, 9.17) is 0 Å². The summed E-state index contributed by atoms with van der Waals surface area (Å²) in [6.45, 7) is 1.30. The zero-order chi connectivity index (χ0) is 18.5. The maximum absolute atomic E-state index is 4.51. The lowest BCUT2D eigenvalue weighted by Crippen LogP contribution is -2.38. The van der Waals surface area contributed by atoms with E-state index in [0.29, 0.717) is 6.54 Å². The molecule has 3 aromatic heterocycles. The summed E-state index contributed by atoms with van der Waals surface area (Å²) in [5.74, 6) is 1.57. The summed E-state index contributed by atoms with van der Waals surface area (Å²) in [6.07, 6.45) is 4.65. The molecule has 4 rings (SSSR count). The Hall–Kier alpha value is -3.48. The maximum Gasteiger partial charge on any atom is 0.191 e. The molecule has 0 saturated carbocycles. The van der Waals surface area contributed by atoms with Gasteiger partial charge in [0.1, 0.15) is 0 Å². The number of nitrogens with one attached hydrogen (secondary N) is 2. The predicted molar refractivity (Wildman–Crippen MR) is 107 cm³/mol. The van der Waals surface area contributed by atoms with Crippen molar-refractivity contribution in [3.05, 3.63) is 72.3 Å². The number of rotatable bonds is 5.